The van der Waals surface area contributed by atoms with Crippen LogP contribution in [0.1, 0.15) is 0 Å². The Kier molecular flexibility index (Phi) is 8.26. The van der Waals surface area contributed by atoms with Gasteiger partial charge in [-0.2, -0.15) is 0 Å². The van der Waals surface area contributed by atoms with Crippen LogP contribution in [0, 0.1) is 0 Å². The molecule has 0 atom stereocenters. The third-order valence-corrected chi connectivity index (χ3v) is 11.9. The van der Waals surface area contributed by atoms with E-state index in [1.807, 2.05) is 0 Å². The van der Waals surface area contributed by atoms with Gasteiger partial charge in [-0.15, -0.1) is 0 Å². The molecule has 58 heavy (non-hydrogen) atoms. The van der Waals surface area contributed by atoms with Gasteiger partial charge in [0, 0.05) is 0 Å². The van der Waals surface area contributed by atoms with Crippen LogP contribution >= 0.6 is 0 Å². The van der Waals surface area contributed by atoms with Crippen molar-refractivity contribution in [2.24, 2.45) is 0 Å². The minimum Gasteiger partial charge on any atom is -0.0622 e. The van der Waals surface area contributed by atoms with E-state index in [0.717, 1.165) is 0 Å². The summed E-state index contributed by atoms with van der Waals surface area (Å²) in [7, 11) is 0. The van der Waals surface area contributed by atoms with Crippen LogP contribution in [0.5, 0.6) is 0 Å². The lowest BCUT2D eigenvalue weighted by molar-refractivity contribution is 1.56. The van der Waals surface area contributed by atoms with Gasteiger partial charge in [-0.25, -0.2) is 0 Å². The first kappa shape index (κ1) is 33.8. The number of rotatable bonds is 6. The molecule has 0 fully saturated rings. The molecule has 0 aliphatic carbocycles. The Balaban J connectivity index is 1.22. The Morgan fingerprint density at radius 1 is 0.172 bits per heavy atom. The molecule has 0 heteroatoms. The van der Waals surface area contributed by atoms with Crippen molar-refractivity contribution in [3.05, 3.63) is 231 Å². The third-order valence-electron chi connectivity index (χ3n) is 11.9. The molecular formula is C58H38. The molecule has 11 aromatic rings. The van der Waals surface area contributed by atoms with Gasteiger partial charge < -0.3 is 0 Å². The van der Waals surface area contributed by atoms with Crippen LogP contribution in [-0.4, -0.2) is 0 Å². The molecule has 0 saturated carbocycles. The first-order valence-corrected chi connectivity index (χ1v) is 20.1. The maximum Gasteiger partial charge on any atom is -0.00199 e. The summed E-state index contributed by atoms with van der Waals surface area (Å²) in [6.45, 7) is 0. The topological polar surface area (TPSA) is 0 Å². The summed E-state index contributed by atoms with van der Waals surface area (Å²) in [5.74, 6) is 0. The number of hydrogen-bond acceptors (Lipinski definition) is 0. The van der Waals surface area contributed by atoms with Gasteiger partial charge >= 0.3 is 0 Å². The highest BCUT2D eigenvalue weighted by molar-refractivity contribution is 6.23. The SMILES string of the molecule is c1ccc(-c2c3ccccc3c(-c3cc(-c4ccccc4-c4ccc5ccccc5c4)ccc3-c3ccccc3-c3ccc4ccccc4c3)c3ccccc23)cc1. The molecule has 0 unspecified atom stereocenters. The van der Waals surface area contributed by atoms with E-state index in [1.54, 1.807) is 0 Å². The Hall–Kier alpha value is -7.54. The average Bonchev–Trinajstić information content (AvgIpc) is 3.30. The van der Waals surface area contributed by atoms with Crippen molar-refractivity contribution in [3.8, 4) is 66.8 Å². The van der Waals surface area contributed by atoms with E-state index in [1.165, 1.54) is 110 Å². The molecule has 0 aromatic heterocycles. The second-order valence-corrected chi connectivity index (χ2v) is 15.2. The van der Waals surface area contributed by atoms with Gasteiger partial charge in [-0.05, 0) is 128 Å². The summed E-state index contributed by atoms with van der Waals surface area (Å²) in [5, 5.41) is 9.95. The molecule has 11 aromatic carbocycles. The Morgan fingerprint density at radius 3 is 1.07 bits per heavy atom. The van der Waals surface area contributed by atoms with Crippen LogP contribution < -0.4 is 0 Å². The molecule has 0 aliphatic rings. The van der Waals surface area contributed by atoms with Crippen molar-refractivity contribution in [3.63, 3.8) is 0 Å². The van der Waals surface area contributed by atoms with Gasteiger partial charge in [0.1, 0.15) is 0 Å². The molecular weight excluding hydrogens is 697 g/mol. The van der Waals surface area contributed by atoms with E-state index in [4.69, 9.17) is 0 Å². The lowest BCUT2D eigenvalue weighted by atomic mass is 9.81. The zero-order valence-electron chi connectivity index (χ0n) is 31.9. The molecule has 270 valence electrons. The number of hydrogen-bond donors (Lipinski definition) is 0. The van der Waals surface area contributed by atoms with Gasteiger partial charge in [0.2, 0.25) is 0 Å². The van der Waals surface area contributed by atoms with E-state index in [0.29, 0.717) is 0 Å². The zero-order valence-corrected chi connectivity index (χ0v) is 31.9. The summed E-state index contributed by atoms with van der Waals surface area (Å²) >= 11 is 0. The molecule has 0 heterocycles. The Labute approximate surface area is 339 Å². The monoisotopic (exact) mass is 734 g/mol. The maximum absolute atomic E-state index is 2.46. The van der Waals surface area contributed by atoms with Crippen LogP contribution in [0.4, 0.5) is 0 Å². The highest BCUT2D eigenvalue weighted by Gasteiger charge is 2.21. The quantitative estimate of drug-likeness (QED) is 0.149. The molecule has 0 N–H and O–H groups in total. The van der Waals surface area contributed by atoms with Crippen molar-refractivity contribution in [2.45, 2.75) is 0 Å². The fraction of sp³-hybridized carbons (Fsp3) is 0. The number of fused-ring (bicyclic) bond motifs is 4. The van der Waals surface area contributed by atoms with Crippen LogP contribution in [0.2, 0.25) is 0 Å². The minimum atomic E-state index is 1.19. The highest BCUT2D eigenvalue weighted by atomic mass is 14.2. The molecule has 11 rings (SSSR count). The molecule has 0 aliphatic heterocycles. The van der Waals surface area contributed by atoms with Crippen LogP contribution in [0.3, 0.4) is 0 Å². The van der Waals surface area contributed by atoms with Crippen LogP contribution in [0.25, 0.3) is 110 Å². The van der Waals surface area contributed by atoms with E-state index in [-0.39, 0.29) is 0 Å². The standard InChI is InChI=1S/C58H38/c1-2-18-41(19-3-1)57-52-26-12-14-28-54(52)58(55-29-15-13-27-53(55)57)56-38-46(48-23-9-8-22-47(48)44-32-30-39-16-4-6-20-42(39)36-44)34-35-51(56)50-25-11-10-24-49(50)45-33-31-40-17-5-7-21-43(40)37-45/h1-38H. The summed E-state index contributed by atoms with van der Waals surface area (Å²) in [6, 6.07) is 84.8. The average molecular weight is 735 g/mol. The molecule has 0 saturated heterocycles. The molecule has 0 amide bonds. The van der Waals surface area contributed by atoms with Crippen LogP contribution in [-0.2, 0) is 0 Å². The largest absolute Gasteiger partial charge is 0.0622 e. The van der Waals surface area contributed by atoms with E-state index in [9.17, 15) is 0 Å². The van der Waals surface area contributed by atoms with Gasteiger partial charge in [-0.1, -0.05) is 212 Å². The molecule has 0 radical (unpaired) electrons. The van der Waals surface area contributed by atoms with Gasteiger partial charge in [0.05, 0.1) is 0 Å². The van der Waals surface area contributed by atoms with E-state index in [2.05, 4.69) is 231 Å². The minimum absolute atomic E-state index is 1.19. The van der Waals surface area contributed by atoms with Crippen molar-refractivity contribution in [2.75, 3.05) is 0 Å². The lowest BCUT2D eigenvalue weighted by Crippen LogP contribution is -1.95. The summed E-state index contributed by atoms with van der Waals surface area (Å²) < 4.78 is 0. The summed E-state index contributed by atoms with van der Waals surface area (Å²) in [5.41, 5.74) is 14.6. The van der Waals surface area contributed by atoms with E-state index >= 15 is 0 Å². The van der Waals surface area contributed by atoms with Crippen molar-refractivity contribution < 1.29 is 0 Å². The second-order valence-electron chi connectivity index (χ2n) is 15.2. The lowest BCUT2D eigenvalue weighted by Gasteiger charge is -2.22. The maximum atomic E-state index is 2.46. The summed E-state index contributed by atoms with van der Waals surface area (Å²) in [4.78, 5) is 0. The zero-order chi connectivity index (χ0) is 38.4. The van der Waals surface area contributed by atoms with Gasteiger partial charge in [-0.3, -0.25) is 0 Å². The third kappa shape index (κ3) is 5.78. The smallest absolute Gasteiger partial charge is 0.00199 e. The van der Waals surface area contributed by atoms with Crippen LogP contribution in [0.15, 0.2) is 231 Å². The normalized spacial score (nSPS) is 11.4. The van der Waals surface area contributed by atoms with E-state index < -0.39 is 0 Å². The molecule has 0 spiro atoms. The van der Waals surface area contributed by atoms with Gasteiger partial charge in [0.25, 0.3) is 0 Å². The first-order chi connectivity index (χ1) is 28.8. The fourth-order valence-electron chi connectivity index (χ4n) is 9.16. The molecule has 0 nitrogen and oxygen atoms in total. The predicted molar refractivity (Wildman–Crippen MR) is 249 cm³/mol. The second kappa shape index (κ2) is 14.2. The fourth-order valence-corrected chi connectivity index (χ4v) is 9.16. The van der Waals surface area contributed by atoms with Gasteiger partial charge in [0.15, 0.2) is 0 Å². The summed E-state index contributed by atoms with van der Waals surface area (Å²) in [6.07, 6.45) is 0. The van der Waals surface area contributed by atoms with Crippen molar-refractivity contribution in [1.82, 2.24) is 0 Å². The van der Waals surface area contributed by atoms with Crippen molar-refractivity contribution in [1.29, 1.82) is 0 Å². The Morgan fingerprint density at radius 2 is 0.534 bits per heavy atom. The predicted octanol–water partition coefficient (Wildman–Crippen LogP) is 16.3. The Bertz CT molecular complexity index is 3280. The van der Waals surface area contributed by atoms with Crippen molar-refractivity contribution >= 4 is 43.1 Å². The number of benzene rings is 11. The highest BCUT2D eigenvalue weighted by Crippen LogP contribution is 2.49. The molecule has 0 bridgehead atoms. The first-order valence-electron chi connectivity index (χ1n) is 20.1.